The summed E-state index contributed by atoms with van der Waals surface area (Å²) in [5.41, 5.74) is 5.94. The number of hydrogen-bond donors (Lipinski definition) is 1. The molecule has 2 N–H and O–H groups in total. The molecule has 0 unspecified atom stereocenters. The minimum absolute atomic E-state index is 0.158. The van der Waals surface area contributed by atoms with Gasteiger partial charge < -0.3 is 10.5 Å². The Morgan fingerprint density at radius 3 is 2.67 bits per heavy atom. The molecule has 0 atom stereocenters. The van der Waals surface area contributed by atoms with Gasteiger partial charge in [-0.15, -0.1) is 0 Å². The van der Waals surface area contributed by atoms with Crippen molar-refractivity contribution in [1.29, 1.82) is 0 Å². The lowest BCUT2D eigenvalue weighted by Crippen LogP contribution is -2.18. The molecule has 94 valence electrons. The smallest absolute Gasteiger partial charge is 0.271 e. The van der Waals surface area contributed by atoms with Crippen molar-refractivity contribution in [3.8, 4) is 11.4 Å². The van der Waals surface area contributed by atoms with Gasteiger partial charge in [0.15, 0.2) is 0 Å². The molecule has 1 heterocycles. The number of benzene rings is 1. The van der Waals surface area contributed by atoms with Crippen molar-refractivity contribution in [2.24, 2.45) is 5.73 Å². The molecule has 2 rings (SSSR count). The topological polar surface area (TPSA) is 70.1 Å². The van der Waals surface area contributed by atoms with Crippen LogP contribution in [0.15, 0.2) is 47.4 Å². The highest BCUT2D eigenvalue weighted by Gasteiger charge is 2.00. The number of nitrogens with zero attached hydrogens (tertiary/aromatic N) is 2. The molecule has 0 aliphatic rings. The van der Waals surface area contributed by atoms with E-state index in [2.05, 4.69) is 5.10 Å². The highest BCUT2D eigenvalue weighted by atomic mass is 16.5. The van der Waals surface area contributed by atoms with Crippen LogP contribution in [-0.4, -0.2) is 22.9 Å². The number of ether oxygens (including phenoxy) is 1. The Kier molecular flexibility index (Phi) is 4.09. The minimum Gasteiger partial charge on any atom is -0.494 e. The molecular weight excluding hydrogens is 230 g/mol. The van der Waals surface area contributed by atoms with E-state index >= 15 is 0 Å². The Hall–Kier alpha value is -2.14. The van der Waals surface area contributed by atoms with Crippen molar-refractivity contribution < 1.29 is 4.74 Å². The first kappa shape index (κ1) is 12.3. The Labute approximate surface area is 105 Å². The standard InChI is InChI=1S/C13H15N3O2/c14-8-2-10-18-12-6-4-11(5-7-12)16-13(17)3-1-9-15-16/h1,3-7,9H,2,8,10,14H2. The van der Waals surface area contributed by atoms with E-state index in [1.807, 2.05) is 12.1 Å². The van der Waals surface area contributed by atoms with Gasteiger partial charge in [-0.2, -0.15) is 9.78 Å². The van der Waals surface area contributed by atoms with Gasteiger partial charge in [0.05, 0.1) is 12.3 Å². The van der Waals surface area contributed by atoms with Crippen molar-refractivity contribution in [3.63, 3.8) is 0 Å². The van der Waals surface area contributed by atoms with Crippen molar-refractivity contribution in [3.05, 3.63) is 52.9 Å². The number of rotatable bonds is 5. The lowest BCUT2D eigenvalue weighted by atomic mass is 10.3. The number of nitrogens with two attached hydrogens (primary N) is 1. The summed E-state index contributed by atoms with van der Waals surface area (Å²) in [7, 11) is 0. The van der Waals surface area contributed by atoms with E-state index in [1.165, 1.54) is 10.7 Å². The lowest BCUT2D eigenvalue weighted by Gasteiger charge is -2.07. The predicted molar refractivity (Wildman–Crippen MR) is 69.0 cm³/mol. The van der Waals surface area contributed by atoms with Crippen LogP contribution in [0.4, 0.5) is 0 Å². The van der Waals surface area contributed by atoms with Crippen molar-refractivity contribution in [1.82, 2.24) is 9.78 Å². The Balaban J connectivity index is 2.13. The summed E-state index contributed by atoms with van der Waals surface area (Å²) in [5.74, 6) is 0.760. The van der Waals surface area contributed by atoms with Crippen LogP contribution in [0.5, 0.6) is 5.75 Å². The quantitative estimate of drug-likeness (QED) is 0.796. The lowest BCUT2D eigenvalue weighted by molar-refractivity contribution is 0.313. The number of hydrogen-bond acceptors (Lipinski definition) is 4. The van der Waals surface area contributed by atoms with Crippen molar-refractivity contribution in [2.45, 2.75) is 6.42 Å². The molecule has 0 aliphatic heterocycles. The average molecular weight is 245 g/mol. The van der Waals surface area contributed by atoms with Gasteiger partial charge in [-0.25, -0.2) is 0 Å². The molecule has 5 nitrogen and oxygen atoms in total. The molecule has 1 aromatic carbocycles. The Bertz CT molecular complexity index is 549. The van der Waals surface area contributed by atoms with Crippen LogP contribution < -0.4 is 16.0 Å². The van der Waals surface area contributed by atoms with Gasteiger partial charge in [-0.3, -0.25) is 4.79 Å². The second-order valence-corrected chi connectivity index (χ2v) is 3.76. The zero-order chi connectivity index (χ0) is 12.8. The van der Waals surface area contributed by atoms with Crippen LogP contribution in [0.3, 0.4) is 0 Å². The second-order valence-electron chi connectivity index (χ2n) is 3.76. The molecule has 5 heteroatoms. The van der Waals surface area contributed by atoms with E-state index in [0.29, 0.717) is 18.8 Å². The fourth-order valence-electron chi connectivity index (χ4n) is 1.51. The second kappa shape index (κ2) is 5.97. The summed E-state index contributed by atoms with van der Waals surface area (Å²) in [6.07, 6.45) is 2.40. The molecule has 0 radical (unpaired) electrons. The maximum Gasteiger partial charge on any atom is 0.271 e. The van der Waals surface area contributed by atoms with Crippen LogP contribution in [-0.2, 0) is 0 Å². The van der Waals surface area contributed by atoms with Gasteiger partial charge in [-0.05, 0) is 43.3 Å². The van der Waals surface area contributed by atoms with Gasteiger partial charge in [0.1, 0.15) is 5.75 Å². The van der Waals surface area contributed by atoms with Gasteiger partial charge in [0, 0.05) is 12.3 Å². The maximum atomic E-state index is 11.6. The zero-order valence-electron chi connectivity index (χ0n) is 9.95. The SMILES string of the molecule is NCCCOc1ccc(-n2ncccc2=O)cc1. The molecule has 0 saturated carbocycles. The minimum atomic E-state index is -0.158. The van der Waals surface area contributed by atoms with Gasteiger partial charge in [0.25, 0.3) is 5.56 Å². The van der Waals surface area contributed by atoms with Crippen LogP contribution in [0.25, 0.3) is 5.69 Å². The van der Waals surface area contributed by atoms with Gasteiger partial charge >= 0.3 is 0 Å². The normalized spacial score (nSPS) is 10.3. The summed E-state index contributed by atoms with van der Waals surface area (Å²) >= 11 is 0. The van der Waals surface area contributed by atoms with E-state index < -0.39 is 0 Å². The third-order valence-corrected chi connectivity index (χ3v) is 2.41. The first-order valence-electron chi connectivity index (χ1n) is 5.79. The largest absolute Gasteiger partial charge is 0.494 e. The van der Waals surface area contributed by atoms with Gasteiger partial charge in [0.2, 0.25) is 0 Å². The molecule has 0 spiro atoms. The third-order valence-electron chi connectivity index (χ3n) is 2.41. The fraction of sp³-hybridized carbons (Fsp3) is 0.231. The summed E-state index contributed by atoms with van der Waals surface area (Å²) in [6, 6.07) is 10.3. The highest BCUT2D eigenvalue weighted by Crippen LogP contribution is 2.13. The summed E-state index contributed by atoms with van der Waals surface area (Å²) in [6.45, 7) is 1.21. The summed E-state index contributed by atoms with van der Waals surface area (Å²) in [4.78, 5) is 11.6. The molecule has 0 fully saturated rings. The Morgan fingerprint density at radius 2 is 2.00 bits per heavy atom. The van der Waals surface area contributed by atoms with Crippen molar-refractivity contribution in [2.75, 3.05) is 13.2 Å². The first-order valence-corrected chi connectivity index (χ1v) is 5.79. The molecular formula is C13H15N3O2. The molecule has 0 aliphatic carbocycles. The van der Waals surface area contributed by atoms with E-state index in [-0.39, 0.29) is 5.56 Å². The Morgan fingerprint density at radius 1 is 1.22 bits per heavy atom. The van der Waals surface area contributed by atoms with E-state index in [1.54, 1.807) is 24.4 Å². The van der Waals surface area contributed by atoms with Crippen molar-refractivity contribution >= 4 is 0 Å². The maximum absolute atomic E-state index is 11.6. The molecule has 0 saturated heterocycles. The number of aromatic nitrogens is 2. The van der Waals surface area contributed by atoms with Crippen LogP contribution in [0.1, 0.15) is 6.42 Å². The molecule has 0 amide bonds. The average Bonchev–Trinajstić information content (AvgIpc) is 2.41. The molecule has 1 aromatic heterocycles. The van der Waals surface area contributed by atoms with E-state index in [4.69, 9.17) is 10.5 Å². The zero-order valence-corrected chi connectivity index (χ0v) is 9.95. The fourth-order valence-corrected chi connectivity index (χ4v) is 1.51. The highest BCUT2D eigenvalue weighted by molar-refractivity contribution is 5.36. The van der Waals surface area contributed by atoms with E-state index in [0.717, 1.165) is 12.2 Å². The van der Waals surface area contributed by atoms with Crippen LogP contribution in [0, 0.1) is 0 Å². The first-order chi connectivity index (χ1) is 8.81. The molecule has 2 aromatic rings. The van der Waals surface area contributed by atoms with E-state index in [9.17, 15) is 4.79 Å². The summed E-state index contributed by atoms with van der Waals surface area (Å²) in [5, 5.41) is 4.00. The van der Waals surface area contributed by atoms with Gasteiger partial charge in [-0.1, -0.05) is 0 Å². The predicted octanol–water partition coefficient (Wildman–Crippen LogP) is 0.960. The van der Waals surface area contributed by atoms with Crippen LogP contribution in [0.2, 0.25) is 0 Å². The third kappa shape index (κ3) is 2.95. The summed E-state index contributed by atoms with van der Waals surface area (Å²) < 4.78 is 6.82. The van der Waals surface area contributed by atoms with Crippen LogP contribution >= 0.6 is 0 Å². The monoisotopic (exact) mass is 245 g/mol. The molecule has 0 bridgehead atoms. The molecule has 18 heavy (non-hydrogen) atoms.